The first kappa shape index (κ1) is 18.2. The molecule has 1 aliphatic heterocycles. The van der Waals surface area contributed by atoms with Crippen molar-refractivity contribution in [1.29, 1.82) is 0 Å². The van der Waals surface area contributed by atoms with E-state index in [4.69, 9.17) is 0 Å². The first-order valence-corrected chi connectivity index (χ1v) is 9.53. The van der Waals surface area contributed by atoms with Crippen molar-refractivity contribution < 1.29 is 19.1 Å². The largest absolute Gasteiger partial charge is 0.508 e. The van der Waals surface area contributed by atoms with E-state index < -0.39 is 0 Å². The first-order chi connectivity index (χ1) is 13.4. The Morgan fingerprint density at radius 3 is 2.54 bits per heavy atom. The average molecular weight is 396 g/mol. The topological polar surface area (TPSA) is 78.4 Å². The zero-order valence-electron chi connectivity index (χ0n) is 15.0. The minimum Gasteiger partial charge on any atom is -0.508 e. The highest BCUT2D eigenvalue weighted by Crippen LogP contribution is 2.45. The predicted octanol–water partition coefficient (Wildman–Crippen LogP) is 4.63. The van der Waals surface area contributed by atoms with Crippen LogP contribution in [0.1, 0.15) is 38.7 Å². The summed E-state index contributed by atoms with van der Waals surface area (Å²) in [5, 5.41) is 15.8. The van der Waals surface area contributed by atoms with Crippen LogP contribution in [-0.4, -0.2) is 16.9 Å². The quantitative estimate of drug-likeness (QED) is 0.604. The van der Waals surface area contributed by atoms with Crippen molar-refractivity contribution in [2.75, 3.05) is 10.6 Å². The minimum atomic E-state index is -0.375. The Morgan fingerprint density at radius 1 is 1.18 bits per heavy atom. The molecule has 2 heterocycles. The van der Waals surface area contributed by atoms with Gasteiger partial charge in [0.25, 0.3) is 5.91 Å². The number of carbonyl (C=O) groups is 2. The van der Waals surface area contributed by atoms with Crippen LogP contribution in [0, 0.1) is 12.7 Å². The van der Waals surface area contributed by atoms with Crippen LogP contribution in [0.5, 0.6) is 5.75 Å². The Labute approximate surface area is 164 Å². The monoisotopic (exact) mass is 396 g/mol. The summed E-state index contributed by atoms with van der Waals surface area (Å²) in [5.41, 5.74) is 3.12. The molecule has 28 heavy (non-hydrogen) atoms. The van der Waals surface area contributed by atoms with Crippen LogP contribution in [0.15, 0.2) is 48.5 Å². The fraction of sp³-hybridized carbons (Fsp3) is 0.143. The number of benzene rings is 2. The molecule has 0 aliphatic carbocycles. The van der Waals surface area contributed by atoms with E-state index in [0.29, 0.717) is 15.6 Å². The van der Waals surface area contributed by atoms with E-state index in [9.17, 15) is 19.1 Å². The molecule has 0 saturated heterocycles. The third kappa shape index (κ3) is 3.36. The smallest absolute Gasteiger partial charge is 0.266 e. The predicted molar refractivity (Wildman–Crippen MR) is 107 cm³/mol. The van der Waals surface area contributed by atoms with Gasteiger partial charge >= 0.3 is 0 Å². The Balaban J connectivity index is 1.69. The van der Waals surface area contributed by atoms with Crippen LogP contribution in [0.4, 0.5) is 15.1 Å². The second-order valence-electron chi connectivity index (χ2n) is 6.66. The molecule has 0 radical (unpaired) electrons. The van der Waals surface area contributed by atoms with Crippen LogP contribution in [-0.2, 0) is 4.79 Å². The molecule has 3 N–H and O–H groups in total. The van der Waals surface area contributed by atoms with Crippen molar-refractivity contribution in [3.05, 3.63) is 75.9 Å². The van der Waals surface area contributed by atoms with E-state index in [1.165, 1.54) is 35.6 Å². The van der Waals surface area contributed by atoms with Gasteiger partial charge in [-0.2, -0.15) is 0 Å². The summed E-state index contributed by atoms with van der Waals surface area (Å²) in [5.74, 6) is -0.821. The average Bonchev–Trinajstić information content (AvgIpc) is 3.00. The van der Waals surface area contributed by atoms with E-state index >= 15 is 0 Å². The first-order valence-electron chi connectivity index (χ1n) is 8.71. The van der Waals surface area contributed by atoms with Gasteiger partial charge in [0.1, 0.15) is 11.6 Å². The molecule has 0 bridgehead atoms. The lowest BCUT2D eigenvalue weighted by atomic mass is 9.85. The van der Waals surface area contributed by atoms with Crippen molar-refractivity contribution in [1.82, 2.24) is 0 Å². The third-order valence-electron chi connectivity index (χ3n) is 4.79. The molecule has 2 aromatic carbocycles. The minimum absolute atomic E-state index is 0.114. The van der Waals surface area contributed by atoms with Gasteiger partial charge in [0, 0.05) is 18.0 Å². The van der Waals surface area contributed by atoms with Crippen molar-refractivity contribution in [3.8, 4) is 5.75 Å². The van der Waals surface area contributed by atoms with Gasteiger partial charge in [-0.05, 0) is 60.0 Å². The number of anilines is 2. The van der Waals surface area contributed by atoms with Gasteiger partial charge in [-0.3, -0.25) is 9.59 Å². The second kappa shape index (κ2) is 7.09. The molecule has 3 aromatic rings. The summed E-state index contributed by atoms with van der Waals surface area (Å²) < 4.78 is 13.1. The van der Waals surface area contributed by atoms with Gasteiger partial charge in [0.2, 0.25) is 5.91 Å². The van der Waals surface area contributed by atoms with Gasteiger partial charge in [0.15, 0.2) is 0 Å². The molecular weight excluding hydrogens is 379 g/mol. The van der Waals surface area contributed by atoms with Gasteiger partial charge in [0.05, 0.1) is 9.88 Å². The molecule has 2 amide bonds. The highest BCUT2D eigenvalue weighted by molar-refractivity contribution is 7.18. The van der Waals surface area contributed by atoms with Crippen molar-refractivity contribution in [2.24, 2.45) is 0 Å². The molecule has 1 atom stereocenters. The molecule has 7 heteroatoms. The van der Waals surface area contributed by atoms with Crippen LogP contribution in [0.2, 0.25) is 0 Å². The fourth-order valence-corrected chi connectivity index (χ4v) is 4.61. The van der Waals surface area contributed by atoms with Gasteiger partial charge < -0.3 is 15.7 Å². The Hall–Kier alpha value is -3.19. The lowest BCUT2D eigenvalue weighted by Crippen LogP contribution is -2.22. The standard InChI is InChI=1S/C21H17FN2O3S/c1-11-18-16(12-2-8-15(25)9-3-12)10-17(26)24-21(18)28-19(11)20(27)23-14-6-4-13(22)5-7-14/h2-9,16,25H,10H2,1H3,(H,23,27)(H,24,26)/t16-/m0/s1. The zero-order valence-corrected chi connectivity index (χ0v) is 15.8. The number of aromatic hydroxyl groups is 1. The zero-order chi connectivity index (χ0) is 19.8. The maximum Gasteiger partial charge on any atom is 0.266 e. The number of hydrogen-bond acceptors (Lipinski definition) is 4. The van der Waals surface area contributed by atoms with E-state index in [1.807, 2.05) is 6.92 Å². The van der Waals surface area contributed by atoms with Crippen LogP contribution in [0.3, 0.4) is 0 Å². The van der Waals surface area contributed by atoms with E-state index in [2.05, 4.69) is 10.6 Å². The number of phenols is 1. The molecule has 4 rings (SSSR count). The number of nitrogens with one attached hydrogen (secondary N) is 2. The lowest BCUT2D eigenvalue weighted by Gasteiger charge is -2.24. The molecule has 0 saturated carbocycles. The number of phenolic OH excluding ortho intramolecular Hbond substituents is 1. The molecule has 142 valence electrons. The molecule has 0 unspecified atom stereocenters. The molecular formula is C21H17FN2O3S. The number of hydrogen-bond donors (Lipinski definition) is 3. The molecule has 0 fully saturated rings. The van der Waals surface area contributed by atoms with Crippen LogP contribution >= 0.6 is 11.3 Å². The Bertz CT molecular complexity index is 1060. The van der Waals surface area contributed by atoms with Gasteiger partial charge in [-0.15, -0.1) is 11.3 Å². The highest BCUT2D eigenvalue weighted by Gasteiger charge is 2.32. The summed E-state index contributed by atoms with van der Waals surface area (Å²) in [6.45, 7) is 1.86. The van der Waals surface area contributed by atoms with E-state index in [1.54, 1.807) is 24.3 Å². The van der Waals surface area contributed by atoms with Crippen LogP contribution < -0.4 is 10.6 Å². The highest BCUT2D eigenvalue weighted by atomic mass is 32.1. The van der Waals surface area contributed by atoms with E-state index in [-0.39, 0.29) is 35.7 Å². The molecule has 1 aliphatic rings. The normalized spacial score (nSPS) is 15.6. The molecule has 1 aromatic heterocycles. The Morgan fingerprint density at radius 2 is 1.86 bits per heavy atom. The SMILES string of the molecule is Cc1c(C(=O)Nc2ccc(F)cc2)sc2c1[C@H](c1ccc(O)cc1)CC(=O)N2. The Kier molecular flexibility index (Phi) is 4.60. The van der Waals surface area contributed by atoms with E-state index in [0.717, 1.165) is 16.7 Å². The number of carbonyl (C=O) groups excluding carboxylic acids is 2. The summed E-state index contributed by atoms with van der Waals surface area (Å²) in [6, 6.07) is 12.3. The number of thiophene rings is 1. The second-order valence-corrected chi connectivity index (χ2v) is 7.68. The van der Waals surface area contributed by atoms with Crippen molar-refractivity contribution >= 4 is 33.8 Å². The summed E-state index contributed by atoms with van der Waals surface area (Å²) in [7, 11) is 0. The number of amides is 2. The van der Waals surface area contributed by atoms with Gasteiger partial charge in [-0.1, -0.05) is 12.1 Å². The lowest BCUT2D eigenvalue weighted by molar-refractivity contribution is -0.116. The summed E-state index contributed by atoms with van der Waals surface area (Å²) >= 11 is 1.23. The maximum absolute atomic E-state index is 13.1. The summed E-state index contributed by atoms with van der Waals surface area (Å²) in [4.78, 5) is 25.5. The molecule has 0 spiro atoms. The number of halogens is 1. The fourth-order valence-electron chi connectivity index (χ4n) is 3.43. The molecule has 5 nitrogen and oxygen atoms in total. The van der Waals surface area contributed by atoms with Crippen molar-refractivity contribution in [2.45, 2.75) is 19.3 Å². The van der Waals surface area contributed by atoms with Crippen LogP contribution in [0.25, 0.3) is 0 Å². The third-order valence-corrected chi connectivity index (χ3v) is 6.01. The summed E-state index contributed by atoms with van der Waals surface area (Å²) in [6.07, 6.45) is 0.272. The number of rotatable bonds is 3. The van der Waals surface area contributed by atoms with Crippen molar-refractivity contribution in [3.63, 3.8) is 0 Å². The number of fused-ring (bicyclic) bond motifs is 1. The maximum atomic E-state index is 13.1. The van der Waals surface area contributed by atoms with Gasteiger partial charge in [-0.25, -0.2) is 4.39 Å².